The molecule has 4 fully saturated rings. The second-order valence-corrected chi connectivity index (χ2v) is 13.2. The number of nitrogens with zero attached hydrogens (tertiary/aromatic N) is 1. The summed E-state index contributed by atoms with van der Waals surface area (Å²) in [5, 5.41) is 92.6. The van der Waals surface area contributed by atoms with Gasteiger partial charge in [-0.2, -0.15) is 0 Å². The highest BCUT2D eigenvalue weighted by atomic mass is 16.8. The molecule has 15 atom stereocenters. The number of imide groups is 1. The Hall–Kier alpha value is -2.86. The third-order valence-electron chi connectivity index (χ3n) is 8.93. The number of aliphatic hydroxyl groups is 8. The lowest BCUT2D eigenvalue weighted by atomic mass is 9.91. The quantitative estimate of drug-likeness (QED) is 0.0839. The molecule has 0 aromatic rings. The molecule has 284 valence electrons. The lowest BCUT2D eigenvalue weighted by Gasteiger charge is -2.47. The van der Waals surface area contributed by atoms with Gasteiger partial charge in [-0.15, -0.1) is 0 Å². The van der Waals surface area contributed by atoms with Crippen molar-refractivity contribution in [2.24, 2.45) is 5.92 Å². The predicted octanol–water partition coefficient (Wildman–Crippen LogP) is -5.38. The van der Waals surface area contributed by atoms with Crippen LogP contribution in [-0.2, 0) is 33.3 Å². The van der Waals surface area contributed by atoms with Crippen molar-refractivity contribution in [2.45, 2.75) is 132 Å². The van der Waals surface area contributed by atoms with Gasteiger partial charge >= 0.3 is 6.03 Å². The molecule has 4 rings (SSSR count). The van der Waals surface area contributed by atoms with E-state index in [1.165, 1.54) is 6.08 Å². The molecule has 4 aliphatic rings. The largest absolute Gasteiger partial charge is 0.394 e. The molecule has 0 bridgehead atoms. The number of rotatable bonds is 12. The summed E-state index contributed by atoms with van der Waals surface area (Å²) in [6.45, 7) is 4.06. The van der Waals surface area contributed by atoms with Crippen LogP contribution in [0.1, 0.15) is 40.0 Å². The number of urea groups is 1. The molecule has 0 aromatic carbocycles. The highest BCUT2D eigenvalue weighted by Crippen LogP contribution is 2.33. The molecule has 0 saturated carbocycles. The smallest absolute Gasteiger partial charge is 0.326 e. The number of aliphatic hydroxyl groups excluding tert-OH is 8. The molecule has 4 aliphatic heterocycles. The zero-order chi connectivity index (χ0) is 37.0. The summed E-state index contributed by atoms with van der Waals surface area (Å²) in [6.07, 6.45) is -18.9. The Kier molecular flexibility index (Phi) is 13.7. The summed E-state index contributed by atoms with van der Waals surface area (Å²) in [5.41, 5.74) is 0. The van der Waals surface area contributed by atoms with Gasteiger partial charge in [0.2, 0.25) is 17.7 Å². The van der Waals surface area contributed by atoms with Gasteiger partial charge in [-0.05, 0) is 18.4 Å². The van der Waals surface area contributed by atoms with E-state index in [0.717, 1.165) is 11.8 Å². The van der Waals surface area contributed by atoms with Gasteiger partial charge in [0, 0.05) is 26.3 Å². The van der Waals surface area contributed by atoms with Gasteiger partial charge in [0.25, 0.3) is 0 Å². The van der Waals surface area contributed by atoms with Crippen LogP contribution < -0.4 is 16.0 Å². The zero-order valence-corrected chi connectivity index (χ0v) is 27.7. The lowest BCUT2D eigenvalue weighted by molar-refractivity contribution is -0.346. The number of amides is 5. The molecule has 0 radical (unpaired) electrons. The highest BCUT2D eigenvalue weighted by molar-refractivity contribution is 5.96. The van der Waals surface area contributed by atoms with Crippen LogP contribution in [0.4, 0.5) is 4.79 Å². The fourth-order valence-electron chi connectivity index (χ4n) is 6.23. The van der Waals surface area contributed by atoms with E-state index in [4.69, 9.17) is 18.9 Å². The summed E-state index contributed by atoms with van der Waals surface area (Å²) in [6, 6.07) is -3.86. The third kappa shape index (κ3) is 9.13. The molecule has 0 aromatic heterocycles. The van der Waals surface area contributed by atoms with Crippen LogP contribution in [0.15, 0.2) is 12.2 Å². The fourth-order valence-corrected chi connectivity index (χ4v) is 6.23. The van der Waals surface area contributed by atoms with Crippen LogP contribution in [0.25, 0.3) is 0 Å². The molecule has 4 saturated heterocycles. The Morgan fingerprint density at radius 3 is 2.10 bits per heavy atom. The summed E-state index contributed by atoms with van der Waals surface area (Å²) in [5.74, 6) is -1.69. The van der Waals surface area contributed by atoms with Crippen LogP contribution in [-0.4, -0.2) is 175 Å². The van der Waals surface area contributed by atoms with Crippen LogP contribution in [0, 0.1) is 5.92 Å². The maximum Gasteiger partial charge on any atom is 0.326 e. The van der Waals surface area contributed by atoms with E-state index in [1.54, 1.807) is 6.08 Å². The molecule has 0 aliphatic carbocycles. The first-order valence-electron chi connectivity index (χ1n) is 16.4. The topological polar surface area (TPSA) is 306 Å². The van der Waals surface area contributed by atoms with E-state index in [1.807, 2.05) is 13.8 Å². The average Bonchev–Trinajstić information content (AvgIpc) is 3.34. The SMILES string of the molecule is CC(=O)NC1C(OC2OC(CC(O)C3OC(N4CCC(=O)NC4=O)C(O)C3O)C(O)C(O)C2NC(=O)C=CCC(C)C)OC(CO)C(O)C1O. The second-order valence-electron chi connectivity index (χ2n) is 13.2. The molecule has 20 heteroatoms. The molecule has 11 N–H and O–H groups in total. The van der Waals surface area contributed by atoms with Crippen LogP contribution in [0.2, 0.25) is 0 Å². The Bertz CT molecular complexity index is 1240. The van der Waals surface area contributed by atoms with Gasteiger partial charge in [0.15, 0.2) is 18.8 Å². The molecule has 15 unspecified atom stereocenters. The van der Waals surface area contributed by atoms with Crippen LogP contribution in [0.3, 0.4) is 0 Å². The minimum absolute atomic E-state index is 0.100. The van der Waals surface area contributed by atoms with Crippen molar-refractivity contribution in [3.63, 3.8) is 0 Å². The van der Waals surface area contributed by atoms with Gasteiger partial charge in [0.05, 0.1) is 18.8 Å². The first-order chi connectivity index (χ1) is 23.5. The van der Waals surface area contributed by atoms with E-state index >= 15 is 0 Å². The molecule has 20 nitrogen and oxygen atoms in total. The first-order valence-corrected chi connectivity index (χ1v) is 16.4. The Morgan fingerprint density at radius 1 is 0.920 bits per heavy atom. The molecule has 5 amide bonds. The first kappa shape index (κ1) is 39.9. The van der Waals surface area contributed by atoms with E-state index in [2.05, 4.69) is 16.0 Å². The lowest BCUT2D eigenvalue weighted by Crippen LogP contribution is -2.68. The average molecular weight is 721 g/mol. The number of nitrogens with one attached hydrogen (secondary N) is 3. The number of hydrogen-bond acceptors (Lipinski definition) is 16. The summed E-state index contributed by atoms with van der Waals surface area (Å²) in [4.78, 5) is 49.7. The van der Waals surface area contributed by atoms with Crippen molar-refractivity contribution in [2.75, 3.05) is 13.2 Å². The fraction of sp³-hybridized carbons (Fsp3) is 0.800. The number of allylic oxidation sites excluding steroid dienone is 1. The molecular weight excluding hydrogens is 672 g/mol. The van der Waals surface area contributed by atoms with Crippen molar-refractivity contribution < 1.29 is 79.0 Å². The van der Waals surface area contributed by atoms with E-state index in [-0.39, 0.29) is 18.9 Å². The molecule has 50 heavy (non-hydrogen) atoms. The maximum absolute atomic E-state index is 12.8. The van der Waals surface area contributed by atoms with Crippen LogP contribution in [0.5, 0.6) is 0 Å². The number of hydrogen-bond donors (Lipinski definition) is 11. The monoisotopic (exact) mass is 720 g/mol. The Labute approximate surface area is 286 Å². The normalized spacial score (nSPS) is 40.2. The Morgan fingerprint density at radius 2 is 1.52 bits per heavy atom. The number of ether oxygens (including phenoxy) is 4. The zero-order valence-electron chi connectivity index (χ0n) is 27.7. The summed E-state index contributed by atoms with van der Waals surface area (Å²) in [7, 11) is 0. The molecule has 0 spiro atoms. The highest BCUT2D eigenvalue weighted by Gasteiger charge is 2.54. The van der Waals surface area contributed by atoms with Gasteiger partial charge < -0.3 is 70.4 Å². The van der Waals surface area contributed by atoms with Gasteiger partial charge in [-0.1, -0.05) is 19.9 Å². The van der Waals surface area contributed by atoms with E-state index in [0.29, 0.717) is 6.42 Å². The van der Waals surface area contributed by atoms with E-state index in [9.17, 15) is 60.0 Å². The standard InChI is InChI=1S/C30H48N4O16/c1-11(2)5-4-6-16(38)32-19-23(43)20(40)14(47-29(19)50-28-18(31-12(3)36)22(42)21(41)15(10-35)48-28)9-13(37)26-24(44)25(45)27(49-26)34-8-7-17(39)33-30(34)46/h4,6,11,13-15,18-29,35,37,40-45H,5,7-10H2,1-3H3,(H,31,36)(H,32,38)(H,33,39,46). The maximum atomic E-state index is 12.8. The number of carbonyl (C=O) groups excluding carboxylic acids is 4. The Balaban J connectivity index is 1.55. The summed E-state index contributed by atoms with van der Waals surface area (Å²) < 4.78 is 23.1. The van der Waals surface area contributed by atoms with E-state index < -0.39 is 129 Å². The van der Waals surface area contributed by atoms with Crippen molar-refractivity contribution in [1.82, 2.24) is 20.9 Å². The van der Waals surface area contributed by atoms with Crippen molar-refractivity contribution in [1.29, 1.82) is 0 Å². The van der Waals surface area contributed by atoms with Gasteiger partial charge in [-0.3, -0.25) is 24.6 Å². The van der Waals surface area contributed by atoms with Crippen LogP contribution >= 0.6 is 0 Å². The van der Waals surface area contributed by atoms with Gasteiger partial charge in [-0.25, -0.2) is 4.79 Å². The van der Waals surface area contributed by atoms with Gasteiger partial charge in [0.1, 0.15) is 60.9 Å². The molecule has 4 heterocycles. The van der Waals surface area contributed by atoms with Crippen molar-refractivity contribution in [3.05, 3.63) is 12.2 Å². The number of carbonyl (C=O) groups is 4. The molecular formula is C30H48N4O16. The predicted molar refractivity (Wildman–Crippen MR) is 164 cm³/mol. The minimum Gasteiger partial charge on any atom is -0.394 e. The van der Waals surface area contributed by atoms with Crippen molar-refractivity contribution in [3.8, 4) is 0 Å². The third-order valence-corrected chi connectivity index (χ3v) is 8.93. The van der Waals surface area contributed by atoms with Crippen molar-refractivity contribution >= 4 is 23.8 Å². The summed E-state index contributed by atoms with van der Waals surface area (Å²) >= 11 is 0. The second kappa shape index (κ2) is 17.1. The minimum atomic E-state index is -1.84.